The van der Waals surface area contributed by atoms with Crippen molar-refractivity contribution in [2.75, 3.05) is 0 Å². The first kappa shape index (κ1) is 52.2. The summed E-state index contributed by atoms with van der Waals surface area (Å²) in [6.07, 6.45) is 0. The zero-order valence-electron chi connectivity index (χ0n) is 4.54. The molecule has 0 unspecified atom stereocenters. The van der Waals surface area contributed by atoms with E-state index >= 15 is 0 Å². The van der Waals surface area contributed by atoms with Crippen LogP contribution in [0.5, 0.6) is 0 Å². The Kier molecular flexibility index (Phi) is 83.1. The fourth-order valence-electron chi connectivity index (χ4n) is 0. The molecular weight excluding hydrogens is 223 g/mol. The molecule has 0 saturated heterocycles. The average Bonchev–Trinajstić information content (AvgIpc) is 0.722. The summed E-state index contributed by atoms with van der Waals surface area (Å²) < 4.78 is 34.4. The molecule has 0 aromatic rings. The van der Waals surface area contributed by atoms with Gasteiger partial charge in [-0.1, -0.05) is 0 Å². The van der Waals surface area contributed by atoms with Crippen LogP contribution in [0.1, 0.15) is 0 Å². The van der Waals surface area contributed by atoms with E-state index in [2.05, 4.69) is 0 Å². The van der Waals surface area contributed by atoms with E-state index in [1.165, 1.54) is 0 Å². The van der Waals surface area contributed by atoms with Gasteiger partial charge < -0.3 is 27.4 Å². The first-order valence-corrected chi connectivity index (χ1v) is 3.46. The summed E-state index contributed by atoms with van der Waals surface area (Å²) in [6, 6.07) is 0. The van der Waals surface area contributed by atoms with Crippen LogP contribution in [0, 0.1) is 0 Å². The normalized spacial score (nSPS) is 5.80. The Morgan fingerprint density at radius 3 is 0.700 bits per heavy atom. The maximum absolute atomic E-state index is 8.59. The topological polar surface area (TPSA) is 238 Å². The SMILES string of the molecule is O.O.O.O.O.O=[Se](=O)([O-])[O-]. The molecule has 0 rings (SSSR count). The molecule has 10 heavy (non-hydrogen) atoms. The van der Waals surface area contributed by atoms with Gasteiger partial charge in [-0.25, -0.2) is 0 Å². The van der Waals surface area contributed by atoms with Gasteiger partial charge in [-0.05, 0) is 0 Å². The van der Waals surface area contributed by atoms with E-state index in [-0.39, 0.29) is 27.4 Å². The molecule has 0 spiro atoms. The zero-order chi connectivity index (χ0) is 4.50. The van der Waals surface area contributed by atoms with Crippen molar-refractivity contribution in [2.24, 2.45) is 0 Å². The van der Waals surface area contributed by atoms with Crippen molar-refractivity contribution >= 4 is 13.4 Å². The van der Waals surface area contributed by atoms with Gasteiger partial charge in [0.15, 0.2) is 0 Å². The van der Waals surface area contributed by atoms with Crippen molar-refractivity contribution in [3.05, 3.63) is 0 Å². The van der Waals surface area contributed by atoms with Gasteiger partial charge in [-0.2, -0.15) is 0 Å². The second-order valence-electron chi connectivity index (χ2n) is 0.408. The van der Waals surface area contributed by atoms with Gasteiger partial charge in [0, 0.05) is 0 Å². The average molecular weight is 233 g/mol. The van der Waals surface area contributed by atoms with Crippen molar-refractivity contribution in [2.45, 2.75) is 0 Å². The van der Waals surface area contributed by atoms with Crippen LogP contribution < -0.4 is 8.38 Å². The Morgan fingerprint density at radius 2 is 0.700 bits per heavy atom. The summed E-state index contributed by atoms with van der Waals surface area (Å²) in [5.74, 6) is 0. The van der Waals surface area contributed by atoms with Crippen molar-refractivity contribution in [1.82, 2.24) is 0 Å². The maximum atomic E-state index is 8.59. The summed E-state index contributed by atoms with van der Waals surface area (Å²) in [6.45, 7) is 0. The molecule has 0 aromatic carbocycles. The van der Waals surface area contributed by atoms with E-state index in [1.807, 2.05) is 0 Å². The minimum atomic E-state index is -5.75. The van der Waals surface area contributed by atoms with Crippen LogP contribution in [0.2, 0.25) is 0 Å². The van der Waals surface area contributed by atoms with Gasteiger partial charge in [0.25, 0.3) is 0 Å². The standard InChI is InChI=1S/H2O4Se.5H2O/c1-5(2,3)4;;;;;/h(H2,1,2,3,4);5*1H2/p-2. The monoisotopic (exact) mass is 234 g/mol. The van der Waals surface area contributed by atoms with Crippen LogP contribution in [0.3, 0.4) is 0 Å². The Hall–Kier alpha value is -0.161. The summed E-state index contributed by atoms with van der Waals surface area (Å²) in [5.41, 5.74) is 0. The van der Waals surface area contributed by atoms with Crippen LogP contribution in [0.15, 0.2) is 0 Å². The van der Waals surface area contributed by atoms with Crippen molar-refractivity contribution < 1.29 is 43.4 Å². The second kappa shape index (κ2) is 15.9. The molecule has 0 fully saturated rings. The minimum absolute atomic E-state index is 0. The fraction of sp³-hybridized carbons (Fsp3) is 0. The molecule has 0 aliphatic rings. The molecule has 10 heteroatoms. The molecule has 10 N–H and O–H groups in total. The van der Waals surface area contributed by atoms with E-state index in [9.17, 15) is 0 Å². The zero-order valence-corrected chi connectivity index (χ0v) is 6.25. The predicted octanol–water partition coefficient (Wildman–Crippen LogP) is -7.12. The van der Waals surface area contributed by atoms with Crippen LogP contribution in [-0.2, 0) is 7.67 Å². The van der Waals surface area contributed by atoms with Crippen LogP contribution in [0.4, 0.5) is 0 Å². The molecule has 0 saturated carbocycles. The Bertz CT molecular complexity index is 87.9. The quantitative estimate of drug-likeness (QED) is 0.370. The molecule has 0 aliphatic carbocycles. The molecule has 0 aromatic heterocycles. The third kappa shape index (κ3) is 14200. The summed E-state index contributed by atoms with van der Waals surface area (Å²) in [5, 5.41) is 0. The van der Waals surface area contributed by atoms with Crippen molar-refractivity contribution in [3.8, 4) is 0 Å². The van der Waals surface area contributed by atoms with Crippen LogP contribution >= 0.6 is 0 Å². The first-order chi connectivity index (χ1) is 2.00. The third-order valence-corrected chi connectivity index (χ3v) is 0. The van der Waals surface area contributed by atoms with Crippen molar-refractivity contribution in [1.29, 1.82) is 0 Å². The molecule has 0 amide bonds. The Labute approximate surface area is 57.7 Å². The summed E-state index contributed by atoms with van der Waals surface area (Å²) in [4.78, 5) is 0. The molecule has 0 atom stereocenters. The molecular formula is H10O9Se-2. The van der Waals surface area contributed by atoms with Crippen LogP contribution in [0.25, 0.3) is 0 Å². The van der Waals surface area contributed by atoms with Gasteiger partial charge in [0.05, 0.1) is 0 Å². The molecule has 0 heterocycles. The fourth-order valence-corrected chi connectivity index (χ4v) is 0. The second-order valence-corrected chi connectivity index (χ2v) is 2.12. The third-order valence-electron chi connectivity index (χ3n) is 0. The van der Waals surface area contributed by atoms with E-state index in [0.29, 0.717) is 0 Å². The molecule has 72 valence electrons. The van der Waals surface area contributed by atoms with Gasteiger partial charge in [-0.3, -0.25) is 0 Å². The summed E-state index contributed by atoms with van der Waals surface area (Å²) >= 11 is -5.75. The van der Waals surface area contributed by atoms with Gasteiger partial charge >= 0.3 is 29.4 Å². The van der Waals surface area contributed by atoms with Crippen molar-refractivity contribution in [3.63, 3.8) is 0 Å². The molecule has 0 bridgehead atoms. The number of rotatable bonds is 0. The van der Waals surface area contributed by atoms with Gasteiger partial charge in [-0.15, -0.1) is 0 Å². The predicted molar refractivity (Wildman–Crippen MR) is 25.2 cm³/mol. The number of hydrogen-bond donors (Lipinski definition) is 0. The van der Waals surface area contributed by atoms with Gasteiger partial charge in [0.2, 0.25) is 0 Å². The molecule has 0 aliphatic heterocycles. The van der Waals surface area contributed by atoms with Gasteiger partial charge in [0.1, 0.15) is 0 Å². The molecule has 0 radical (unpaired) electrons. The Morgan fingerprint density at radius 1 is 0.700 bits per heavy atom. The van der Waals surface area contributed by atoms with Crippen LogP contribution in [-0.4, -0.2) is 40.7 Å². The molecule has 9 nitrogen and oxygen atoms in total. The van der Waals surface area contributed by atoms with E-state index in [1.54, 1.807) is 0 Å². The van der Waals surface area contributed by atoms with E-state index < -0.39 is 13.4 Å². The Balaban J connectivity index is -0.00000000800. The number of hydrogen-bond acceptors (Lipinski definition) is 4. The van der Waals surface area contributed by atoms with E-state index in [4.69, 9.17) is 16.0 Å². The van der Waals surface area contributed by atoms with E-state index in [0.717, 1.165) is 0 Å². The first-order valence-electron chi connectivity index (χ1n) is 0.667. The summed E-state index contributed by atoms with van der Waals surface area (Å²) in [7, 11) is 0.